The minimum absolute atomic E-state index is 0.0208. The summed E-state index contributed by atoms with van der Waals surface area (Å²) in [5, 5.41) is 3.72. The van der Waals surface area contributed by atoms with Gasteiger partial charge in [0.15, 0.2) is 5.78 Å². The molecule has 2 aromatic carbocycles. The van der Waals surface area contributed by atoms with Gasteiger partial charge in [-0.3, -0.25) is 9.69 Å². The van der Waals surface area contributed by atoms with Crippen LogP contribution in [0.15, 0.2) is 47.4 Å². The lowest BCUT2D eigenvalue weighted by molar-refractivity contribution is -0.137. The van der Waals surface area contributed by atoms with Crippen LogP contribution in [0.2, 0.25) is 0 Å². The largest absolute Gasteiger partial charge is 0.416 e. The Balaban J connectivity index is 1.30. The topological polar surface area (TPSA) is 95.5 Å². The van der Waals surface area contributed by atoms with E-state index < -0.39 is 21.8 Å². The summed E-state index contributed by atoms with van der Waals surface area (Å²) in [7, 11) is -4.05. The molecule has 178 valence electrons. The highest BCUT2D eigenvalue weighted by Crippen LogP contribution is 2.32. The highest BCUT2D eigenvalue weighted by atomic mass is 32.2. The molecule has 1 fully saturated rings. The number of halogens is 3. The van der Waals surface area contributed by atoms with Crippen molar-refractivity contribution in [2.24, 2.45) is 0 Å². The van der Waals surface area contributed by atoms with Gasteiger partial charge in [-0.2, -0.15) is 17.5 Å². The van der Waals surface area contributed by atoms with Gasteiger partial charge in [-0.1, -0.05) is 18.2 Å². The quantitative estimate of drug-likeness (QED) is 0.600. The molecule has 0 radical (unpaired) electrons. The SMILES string of the molecule is O=C1CNc2nc(CN3CCN(S(=O)(=O)c4cccc(C(F)(F)F)c4)CC3)nc3cccc1c23. The first-order valence-electron chi connectivity index (χ1n) is 10.6. The van der Waals surface area contributed by atoms with Gasteiger partial charge in [-0.05, 0) is 24.3 Å². The molecular formula is C22H20F3N5O3S. The third-order valence-electron chi connectivity index (χ3n) is 5.98. The van der Waals surface area contributed by atoms with Crippen molar-refractivity contribution in [1.82, 2.24) is 19.2 Å². The summed E-state index contributed by atoms with van der Waals surface area (Å²) in [6.07, 6.45) is -4.62. The second-order valence-electron chi connectivity index (χ2n) is 8.17. The summed E-state index contributed by atoms with van der Waals surface area (Å²) >= 11 is 0. The molecule has 0 amide bonds. The second kappa shape index (κ2) is 8.29. The molecule has 0 atom stereocenters. The van der Waals surface area contributed by atoms with Gasteiger partial charge < -0.3 is 5.32 Å². The van der Waals surface area contributed by atoms with Crippen LogP contribution in [0.25, 0.3) is 10.9 Å². The first-order valence-corrected chi connectivity index (χ1v) is 12.0. The zero-order valence-corrected chi connectivity index (χ0v) is 18.7. The molecule has 1 N–H and O–H groups in total. The fraction of sp³-hybridized carbons (Fsp3) is 0.318. The maximum absolute atomic E-state index is 13.0. The molecule has 0 bridgehead atoms. The van der Waals surface area contributed by atoms with E-state index in [0.717, 1.165) is 12.1 Å². The van der Waals surface area contributed by atoms with Crippen LogP contribution in [-0.2, 0) is 22.7 Å². The number of carbonyl (C=O) groups is 1. The highest BCUT2D eigenvalue weighted by Gasteiger charge is 2.34. The molecule has 0 saturated carbocycles. The van der Waals surface area contributed by atoms with Crippen molar-refractivity contribution in [1.29, 1.82) is 0 Å². The van der Waals surface area contributed by atoms with Crippen LogP contribution in [-0.4, -0.2) is 66.1 Å². The van der Waals surface area contributed by atoms with Crippen molar-refractivity contribution in [2.75, 3.05) is 38.0 Å². The number of nitrogens with zero attached hydrogens (tertiary/aromatic N) is 4. The lowest BCUT2D eigenvalue weighted by atomic mass is 10.0. The number of anilines is 1. The van der Waals surface area contributed by atoms with Gasteiger partial charge in [0.05, 0.1) is 34.5 Å². The molecule has 1 aromatic heterocycles. The number of piperazine rings is 1. The molecule has 3 heterocycles. The molecule has 5 rings (SSSR count). The Labute approximate surface area is 193 Å². The average Bonchev–Trinajstić information content (AvgIpc) is 2.81. The third kappa shape index (κ3) is 4.12. The number of nitrogens with one attached hydrogen (secondary N) is 1. The zero-order chi connectivity index (χ0) is 24.1. The Kier molecular flexibility index (Phi) is 5.53. The Morgan fingerprint density at radius 2 is 1.74 bits per heavy atom. The highest BCUT2D eigenvalue weighted by molar-refractivity contribution is 7.89. The molecule has 3 aromatic rings. The number of alkyl halides is 3. The van der Waals surface area contributed by atoms with Gasteiger partial charge in [0.2, 0.25) is 10.0 Å². The minimum Gasteiger partial charge on any atom is -0.362 e. The van der Waals surface area contributed by atoms with E-state index in [9.17, 15) is 26.4 Å². The van der Waals surface area contributed by atoms with Crippen LogP contribution in [0.3, 0.4) is 0 Å². The second-order valence-corrected chi connectivity index (χ2v) is 10.1. The van der Waals surface area contributed by atoms with Crippen molar-refractivity contribution in [3.63, 3.8) is 0 Å². The summed E-state index contributed by atoms with van der Waals surface area (Å²) in [5.74, 6) is 1.11. The first kappa shape index (κ1) is 22.7. The van der Waals surface area contributed by atoms with Crippen molar-refractivity contribution < 1.29 is 26.4 Å². The first-order chi connectivity index (χ1) is 16.1. The molecule has 8 nitrogen and oxygen atoms in total. The van der Waals surface area contributed by atoms with Gasteiger partial charge in [0, 0.05) is 31.7 Å². The molecule has 0 spiro atoms. The van der Waals surface area contributed by atoms with Crippen molar-refractivity contribution in [2.45, 2.75) is 17.6 Å². The molecule has 0 unspecified atom stereocenters. The van der Waals surface area contributed by atoms with Crippen LogP contribution in [0.4, 0.5) is 19.0 Å². The van der Waals surface area contributed by atoms with Crippen molar-refractivity contribution >= 4 is 32.5 Å². The van der Waals surface area contributed by atoms with E-state index in [1.807, 2.05) is 11.0 Å². The van der Waals surface area contributed by atoms with Crippen LogP contribution >= 0.6 is 0 Å². The van der Waals surface area contributed by atoms with E-state index in [4.69, 9.17) is 0 Å². The Bertz CT molecular complexity index is 1390. The van der Waals surface area contributed by atoms with Crippen LogP contribution < -0.4 is 5.32 Å². The number of rotatable bonds is 4. The third-order valence-corrected chi connectivity index (χ3v) is 7.88. The van der Waals surface area contributed by atoms with Crippen molar-refractivity contribution in [3.8, 4) is 0 Å². The van der Waals surface area contributed by atoms with Crippen molar-refractivity contribution in [3.05, 3.63) is 59.4 Å². The molecule has 0 aliphatic carbocycles. The zero-order valence-electron chi connectivity index (χ0n) is 17.8. The van der Waals surface area contributed by atoms with E-state index >= 15 is 0 Å². The number of sulfonamides is 1. The predicted octanol–water partition coefficient (Wildman–Crippen LogP) is 2.76. The number of benzene rings is 2. The normalized spacial score (nSPS) is 17.7. The van der Waals surface area contributed by atoms with Gasteiger partial charge in [0.1, 0.15) is 11.6 Å². The van der Waals surface area contributed by atoms with Gasteiger partial charge in [0.25, 0.3) is 0 Å². The smallest absolute Gasteiger partial charge is 0.362 e. The standard InChI is InChI=1S/C22H20F3N5O3S/c23-22(24,25)14-3-1-4-15(11-14)34(32,33)30-9-7-29(8-10-30)13-19-27-17-6-2-5-16-18(31)12-26-21(28-19)20(16)17/h1-6,11H,7-10,12-13H2,(H,26,27,28). The maximum atomic E-state index is 13.0. The van der Waals surface area contributed by atoms with E-state index in [1.54, 1.807) is 12.1 Å². The Morgan fingerprint density at radius 1 is 1.00 bits per heavy atom. The number of carbonyl (C=O) groups excluding carboxylic acids is 1. The summed E-state index contributed by atoms with van der Waals surface area (Å²) in [4.78, 5) is 22.9. The van der Waals surface area contributed by atoms with E-state index in [1.165, 1.54) is 10.4 Å². The molecule has 2 aliphatic rings. The van der Waals surface area contributed by atoms with Crippen LogP contribution in [0.5, 0.6) is 0 Å². The van der Waals surface area contributed by atoms with Gasteiger partial charge in [-0.15, -0.1) is 0 Å². The van der Waals surface area contributed by atoms with Gasteiger partial charge in [-0.25, -0.2) is 18.4 Å². The molecule has 2 aliphatic heterocycles. The van der Waals surface area contributed by atoms with Crippen LogP contribution in [0.1, 0.15) is 21.7 Å². The molecule has 1 saturated heterocycles. The maximum Gasteiger partial charge on any atom is 0.416 e. The number of ketones is 1. The number of hydrogen-bond acceptors (Lipinski definition) is 7. The van der Waals surface area contributed by atoms with E-state index in [2.05, 4.69) is 15.3 Å². The fourth-order valence-corrected chi connectivity index (χ4v) is 5.70. The lowest BCUT2D eigenvalue weighted by Gasteiger charge is -2.33. The fourth-order valence-electron chi connectivity index (χ4n) is 4.23. The van der Waals surface area contributed by atoms with E-state index in [0.29, 0.717) is 53.8 Å². The number of hydrogen-bond donors (Lipinski definition) is 1. The van der Waals surface area contributed by atoms with Crippen LogP contribution in [0, 0.1) is 0 Å². The Hall–Kier alpha value is -3.09. The average molecular weight is 491 g/mol. The van der Waals surface area contributed by atoms with E-state index in [-0.39, 0.29) is 30.3 Å². The molecule has 12 heteroatoms. The monoisotopic (exact) mass is 491 g/mol. The number of Topliss-reactive ketones (excluding diaryl/α,β-unsaturated/α-hetero) is 1. The summed E-state index contributed by atoms with van der Waals surface area (Å²) < 4.78 is 66.0. The minimum atomic E-state index is -4.62. The lowest BCUT2D eigenvalue weighted by Crippen LogP contribution is -2.48. The van der Waals surface area contributed by atoms with Gasteiger partial charge >= 0.3 is 6.18 Å². The summed E-state index contributed by atoms with van der Waals surface area (Å²) in [6.45, 7) is 1.56. The summed E-state index contributed by atoms with van der Waals surface area (Å²) in [6, 6.07) is 9.14. The Morgan fingerprint density at radius 3 is 2.47 bits per heavy atom. The summed E-state index contributed by atoms with van der Waals surface area (Å²) in [5.41, 5.74) is 0.248. The molecular weight excluding hydrogens is 471 g/mol. The molecule has 34 heavy (non-hydrogen) atoms. The number of aromatic nitrogens is 2. The predicted molar refractivity (Wildman–Crippen MR) is 118 cm³/mol.